The van der Waals surface area contributed by atoms with Crippen molar-refractivity contribution < 1.29 is 9.59 Å². The molecule has 4 rings (SSSR count). The van der Waals surface area contributed by atoms with Crippen LogP contribution in [0.15, 0.2) is 60.9 Å². The highest BCUT2D eigenvalue weighted by molar-refractivity contribution is 6.12. The minimum Gasteiger partial charge on any atom is -0.360 e. The Bertz CT molecular complexity index is 970. The zero-order valence-corrected chi connectivity index (χ0v) is 13.0. The van der Waals surface area contributed by atoms with Gasteiger partial charge in [0.2, 0.25) is 0 Å². The zero-order chi connectivity index (χ0) is 16.5. The van der Waals surface area contributed by atoms with Crippen LogP contribution in [-0.4, -0.2) is 21.5 Å². The first kappa shape index (κ1) is 14.5. The summed E-state index contributed by atoms with van der Waals surface area (Å²) in [5.74, 6) is -0.0266. The standard InChI is InChI=1S/C20H16N2O2/c23-19(15-11-21-17-7-3-1-5-13(15)17)9-10-20(24)16-12-22-18-8-4-2-6-14(16)18/h1-8,11-12,21-22H,9-10H2. The van der Waals surface area contributed by atoms with Crippen molar-refractivity contribution in [3.8, 4) is 0 Å². The van der Waals surface area contributed by atoms with Crippen LogP contribution in [0.25, 0.3) is 21.8 Å². The molecule has 0 fully saturated rings. The van der Waals surface area contributed by atoms with E-state index in [9.17, 15) is 9.59 Å². The Morgan fingerprint density at radius 1 is 0.667 bits per heavy atom. The molecule has 0 aliphatic heterocycles. The van der Waals surface area contributed by atoms with E-state index in [0.717, 1.165) is 21.8 Å². The van der Waals surface area contributed by atoms with Gasteiger partial charge in [-0.15, -0.1) is 0 Å². The Balaban J connectivity index is 1.52. The predicted molar refractivity (Wildman–Crippen MR) is 94.5 cm³/mol. The molecule has 0 spiro atoms. The zero-order valence-electron chi connectivity index (χ0n) is 13.0. The largest absolute Gasteiger partial charge is 0.360 e. The maximum Gasteiger partial charge on any atom is 0.165 e. The predicted octanol–water partition coefficient (Wildman–Crippen LogP) is 4.50. The Kier molecular flexibility index (Phi) is 3.50. The van der Waals surface area contributed by atoms with Crippen molar-refractivity contribution in [3.05, 3.63) is 72.1 Å². The molecule has 0 unspecified atom stereocenters. The molecule has 0 saturated heterocycles. The van der Waals surface area contributed by atoms with E-state index in [1.165, 1.54) is 0 Å². The molecule has 118 valence electrons. The number of carbonyl (C=O) groups excluding carboxylic acids is 2. The number of benzene rings is 2. The van der Waals surface area contributed by atoms with Gasteiger partial charge in [-0.25, -0.2) is 0 Å². The second-order valence-electron chi connectivity index (χ2n) is 5.84. The third-order valence-electron chi connectivity index (χ3n) is 4.36. The van der Waals surface area contributed by atoms with Gasteiger partial charge >= 0.3 is 0 Å². The molecule has 0 bridgehead atoms. The van der Waals surface area contributed by atoms with Crippen LogP contribution in [0, 0.1) is 0 Å². The summed E-state index contributed by atoms with van der Waals surface area (Å²) in [6, 6.07) is 15.4. The van der Waals surface area contributed by atoms with Gasteiger partial charge in [0.25, 0.3) is 0 Å². The van der Waals surface area contributed by atoms with Crippen molar-refractivity contribution in [2.24, 2.45) is 0 Å². The molecule has 4 heteroatoms. The van der Waals surface area contributed by atoms with E-state index in [-0.39, 0.29) is 24.4 Å². The highest BCUT2D eigenvalue weighted by Gasteiger charge is 2.16. The summed E-state index contributed by atoms with van der Waals surface area (Å²) in [7, 11) is 0. The number of aromatic nitrogens is 2. The number of H-pyrrole nitrogens is 2. The summed E-state index contributed by atoms with van der Waals surface area (Å²) in [6.45, 7) is 0. The number of hydrogen-bond donors (Lipinski definition) is 2. The van der Waals surface area contributed by atoms with Gasteiger partial charge in [0.15, 0.2) is 11.6 Å². The van der Waals surface area contributed by atoms with Crippen LogP contribution in [0.4, 0.5) is 0 Å². The summed E-state index contributed by atoms with van der Waals surface area (Å²) in [4.78, 5) is 31.2. The lowest BCUT2D eigenvalue weighted by molar-refractivity contribution is 0.0919. The average Bonchev–Trinajstić information content (AvgIpc) is 3.23. The van der Waals surface area contributed by atoms with Crippen molar-refractivity contribution in [3.63, 3.8) is 0 Å². The average molecular weight is 316 g/mol. The molecule has 0 aliphatic rings. The molecule has 24 heavy (non-hydrogen) atoms. The summed E-state index contributed by atoms with van der Waals surface area (Å²) in [6.07, 6.45) is 3.87. The molecule has 2 aromatic carbocycles. The fourth-order valence-electron chi connectivity index (χ4n) is 3.10. The number of rotatable bonds is 5. The smallest absolute Gasteiger partial charge is 0.165 e. The molecular weight excluding hydrogens is 300 g/mol. The summed E-state index contributed by atoms with van der Waals surface area (Å²) >= 11 is 0. The molecule has 4 nitrogen and oxygen atoms in total. The SMILES string of the molecule is O=C(CCC(=O)c1c[nH]c2ccccc12)c1c[nH]c2ccccc12. The lowest BCUT2D eigenvalue weighted by atomic mass is 10.0. The number of para-hydroxylation sites is 2. The van der Waals surface area contributed by atoms with E-state index >= 15 is 0 Å². The number of hydrogen-bond acceptors (Lipinski definition) is 2. The van der Waals surface area contributed by atoms with Gasteiger partial charge in [0.05, 0.1) is 0 Å². The number of nitrogens with one attached hydrogen (secondary N) is 2. The van der Waals surface area contributed by atoms with Gasteiger partial charge in [-0.2, -0.15) is 0 Å². The lowest BCUT2D eigenvalue weighted by Crippen LogP contribution is -2.04. The lowest BCUT2D eigenvalue weighted by Gasteiger charge is -2.00. The molecule has 0 amide bonds. The topological polar surface area (TPSA) is 65.7 Å². The molecule has 0 atom stereocenters. The molecule has 2 aromatic heterocycles. The Hall–Kier alpha value is -3.14. The number of carbonyl (C=O) groups is 2. The van der Waals surface area contributed by atoms with Gasteiger partial charge in [-0.05, 0) is 12.1 Å². The van der Waals surface area contributed by atoms with Crippen molar-refractivity contribution in [1.82, 2.24) is 9.97 Å². The molecule has 2 N–H and O–H groups in total. The van der Waals surface area contributed by atoms with E-state index in [1.807, 2.05) is 48.5 Å². The monoisotopic (exact) mass is 316 g/mol. The Labute approximate surface area is 138 Å². The van der Waals surface area contributed by atoms with Gasteiger partial charge in [-0.3, -0.25) is 9.59 Å². The summed E-state index contributed by atoms with van der Waals surface area (Å²) in [5.41, 5.74) is 3.17. The first-order valence-corrected chi connectivity index (χ1v) is 7.92. The van der Waals surface area contributed by atoms with Crippen LogP contribution >= 0.6 is 0 Å². The van der Waals surface area contributed by atoms with E-state index in [2.05, 4.69) is 9.97 Å². The maximum absolute atomic E-state index is 12.5. The van der Waals surface area contributed by atoms with Crippen LogP contribution in [0.1, 0.15) is 33.6 Å². The first-order chi connectivity index (χ1) is 11.7. The number of aromatic amines is 2. The second kappa shape index (κ2) is 5.81. The quantitative estimate of drug-likeness (QED) is 0.533. The summed E-state index contributed by atoms with van der Waals surface area (Å²) < 4.78 is 0. The van der Waals surface area contributed by atoms with Gasteiger partial charge in [0.1, 0.15) is 0 Å². The Morgan fingerprint density at radius 2 is 1.08 bits per heavy atom. The van der Waals surface area contributed by atoms with Crippen LogP contribution < -0.4 is 0 Å². The van der Waals surface area contributed by atoms with Crippen molar-refractivity contribution in [1.29, 1.82) is 0 Å². The van der Waals surface area contributed by atoms with Gasteiger partial charge in [-0.1, -0.05) is 36.4 Å². The normalized spacial score (nSPS) is 11.2. The van der Waals surface area contributed by atoms with Crippen LogP contribution in [0.2, 0.25) is 0 Å². The minimum absolute atomic E-state index is 0.0133. The van der Waals surface area contributed by atoms with Gasteiger partial charge in [0, 0.05) is 58.2 Å². The Morgan fingerprint density at radius 3 is 1.54 bits per heavy atom. The minimum atomic E-state index is -0.0133. The molecule has 4 aromatic rings. The molecule has 0 aliphatic carbocycles. The van der Waals surface area contributed by atoms with Crippen LogP contribution in [0.3, 0.4) is 0 Å². The van der Waals surface area contributed by atoms with Crippen molar-refractivity contribution >= 4 is 33.4 Å². The van der Waals surface area contributed by atoms with Crippen LogP contribution in [-0.2, 0) is 0 Å². The third-order valence-corrected chi connectivity index (χ3v) is 4.36. The van der Waals surface area contributed by atoms with E-state index < -0.39 is 0 Å². The van der Waals surface area contributed by atoms with E-state index in [1.54, 1.807) is 12.4 Å². The maximum atomic E-state index is 12.5. The van der Waals surface area contributed by atoms with Crippen molar-refractivity contribution in [2.75, 3.05) is 0 Å². The highest BCUT2D eigenvalue weighted by Crippen LogP contribution is 2.22. The number of fused-ring (bicyclic) bond motifs is 2. The number of ketones is 2. The van der Waals surface area contributed by atoms with Crippen LogP contribution in [0.5, 0.6) is 0 Å². The molecule has 0 saturated carbocycles. The molecule has 2 heterocycles. The van der Waals surface area contributed by atoms with Crippen molar-refractivity contribution in [2.45, 2.75) is 12.8 Å². The van der Waals surface area contributed by atoms with E-state index in [0.29, 0.717) is 11.1 Å². The fourth-order valence-corrected chi connectivity index (χ4v) is 3.10. The molecule has 0 radical (unpaired) electrons. The van der Waals surface area contributed by atoms with E-state index in [4.69, 9.17) is 0 Å². The highest BCUT2D eigenvalue weighted by atomic mass is 16.1. The first-order valence-electron chi connectivity index (χ1n) is 7.92. The second-order valence-corrected chi connectivity index (χ2v) is 5.84. The third kappa shape index (κ3) is 2.42. The fraction of sp³-hybridized carbons (Fsp3) is 0.100. The number of Topliss-reactive ketones (excluding diaryl/α,β-unsaturated/α-hetero) is 2. The van der Waals surface area contributed by atoms with Gasteiger partial charge < -0.3 is 9.97 Å². The molecular formula is C20H16N2O2. The summed E-state index contributed by atoms with van der Waals surface area (Å²) in [5, 5.41) is 1.81.